The van der Waals surface area contributed by atoms with Crippen LogP contribution in [0.1, 0.15) is 8.30 Å². The van der Waals surface area contributed by atoms with Crippen LogP contribution in [-0.4, -0.2) is 0 Å². The molecule has 0 heterocycles. The largest absolute Gasteiger partial charge is 0.120 e. The van der Waals surface area contributed by atoms with Crippen LogP contribution in [-0.2, 0) is 6.37 Å². The van der Waals surface area contributed by atoms with Gasteiger partial charge in [-0.1, -0.05) is 30.3 Å². The Hall–Kier alpha value is -1.22. The SMILES string of the molecule is [2H]C([2H])(C#C)c1ccccc1. The van der Waals surface area contributed by atoms with E-state index in [1.54, 1.807) is 24.3 Å². The van der Waals surface area contributed by atoms with Gasteiger partial charge in [0.1, 0.15) is 0 Å². The van der Waals surface area contributed by atoms with Crippen LogP contribution in [0.5, 0.6) is 0 Å². The Balaban J connectivity index is 3.05. The molecule has 0 amide bonds. The molecule has 0 aliphatic heterocycles. The van der Waals surface area contributed by atoms with Crippen molar-refractivity contribution in [2.45, 2.75) is 6.37 Å². The minimum Gasteiger partial charge on any atom is -0.120 e. The molecule has 0 aromatic heterocycles. The second-order valence-corrected chi connectivity index (χ2v) is 1.64. The van der Waals surface area contributed by atoms with Crippen LogP contribution in [0.3, 0.4) is 0 Å². The molecule has 0 unspecified atom stereocenters. The summed E-state index contributed by atoms with van der Waals surface area (Å²) in [6.07, 6.45) is 3.38. The summed E-state index contributed by atoms with van der Waals surface area (Å²) < 4.78 is 14.7. The molecule has 0 aliphatic rings. The van der Waals surface area contributed by atoms with Crippen LogP contribution in [0.4, 0.5) is 0 Å². The molecule has 1 aromatic rings. The summed E-state index contributed by atoms with van der Waals surface area (Å²) in [4.78, 5) is 0. The molecule has 0 N–H and O–H groups in total. The molecule has 1 aromatic carbocycles. The van der Waals surface area contributed by atoms with Gasteiger partial charge in [-0.15, -0.1) is 12.3 Å². The predicted octanol–water partition coefficient (Wildman–Crippen LogP) is 1.86. The fraction of sp³-hybridized carbons (Fsp3) is 0.111. The molecule has 0 atom stereocenters. The van der Waals surface area contributed by atoms with Crippen molar-refractivity contribution in [3.63, 3.8) is 0 Å². The number of hydrogen-bond acceptors (Lipinski definition) is 0. The van der Waals surface area contributed by atoms with Gasteiger partial charge in [0.2, 0.25) is 0 Å². The quantitative estimate of drug-likeness (QED) is 0.494. The third kappa shape index (κ3) is 1.62. The molecule has 0 spiro atoms. The van der Waals surface area contributed by atoms with Crippen molar-refractivity contribution >= 4 is 0 Å². The molecule has 9 heavy (non-hydrogen) atoms. The maximum absolute atomic E-state index is 7.35. The zero-order valence-electron chi connectivity index (χ0n) is 6.96. The molecule has 0 saturated carbocycles. The van der Waals surface area contributed by atoms with Crippen molar-refractivity contribution in [2.24, 2.45) is 0 Å². The molecule has 0 bridgehead atoms. The van der Waals surface area contributed by atoms with Crippen molar-refractivity contribution in [3.05, 3.63) is 35.9 Å². The summed E-state index contributed by atoms with van der Waals surface area (Å²) in [5.41, 5.74) is 0.530. The summed E-state index contributed by atoms with van der Waals surface area (Å²) in [6.45, 7) is 0. The van der Waals surface area contributed by atoms with Crippen LogP contribution in [0, 0.1) is 12.3 Å². The Morgan fingerprint density at radius 2 is 2.11 bits per heavy atom. The summed E-state index contributed by atoms with van der Waals surface area (Å²) in [5, 5.41) is 0. The van der Waals surface area contributed by atoms with Gasteiger partial charge in [0.15, 0.2) is 0 Å². The maximum atomic E-state index is 7.35. The molecule has 0 radical (unpaired) electrons. The van der Waals surface area contributed by atoms with E-state index in [1.165, 1.54) is 0 Å². The minimum atomic E-state index is -1.64. The zero-order chi connectivity index (χ0) is 8.32. The first-order valence-corrected chi connectivity index (χ1v) is 2.70. The normalized spacial score (nSPS) is 13.2. The third-order valence-corrected chi connectivity index (χ3v) is 0.990. The Morgan fingerprint density at radius 1 is 1.44 bits per heavy atom. The lowest BCUT2D eigenvalue weighted by Gasteiger charge is -1.89. The predicted molar refractivity (Wildman–Crippen MR) is 39.0 cm³/mol. The monoisotopic (exact) mass is 118 g/mol. The fourth-order valence-electron chi connectivity index (χ4n) is 0.605. The average molecular weight is 118 g/mol. The van der Waals surface area contributed by atoms with Gasteiger partial charge in [-0.05, 0) is 5.56 Å². The van der Waals surface area contributed by atoms with Crippen LogP contribution >= 0.6 is 0 Å². The van der Waals surface area contributed by atoms with Gasteiger partial charge < -0.3 is 0 Å². The highest BCUT2D eigenvalue weighted by molar-refractivity contribution is 5.18. The lowest BCUT2D eigenvalue weighted by atomic mass is 10.2. The van der Waals surface area contributed by atoms with Crippen molar-refractivity contribution in [1.29, 1.82) is 0 Å². The van der Waals surface area contributed by atoms with Crippen molar-refractivity contribution in [2.75, 3.05) is 0 Å². The maximum Gasteiger partial charge on any atom is 0.0453 e. The first-order valence-electron chi connectivity index (χ1n) is 3.70. The van der Waals surface area contributed by atoms with Crippen LogP contribution in [0.2, 0.25) is 0 Å². The average Bonchev–Trinajstić information content (AvgIpc) is 2.06. The van der Waals surface area contributed by atoms with Gasteiger partial charge in [0.05, 0.1) is 0 Å². The lowest BCUT2D eigenvalue weighted by Crippen LogP contribution is -1.76. The standard InChI is InChI=1S/C9H8/c1-2-6-9-7-4-3-5-8-9/h1,3-5,7-8H,6H2/i6D2. The topological polar surface area (TPSA) is 0 Å². The zero-order valence-corrected chi connectivity index (χ0v) is 4.96. The summed E-state index contributed by atoms with van der Waals surface area (Å²) in [5.74, 6) is 2.09. The molecule has 44 valence electrons. The highest BCUT2D eigenvalue weighted by atomic mass is 13.9. The Labute approximate surface area is 58.3 Å². The van der Waals surface area contributed by atoms with E-state index >= 15 is 0 Å². The molecular weight excluding hydrogens is 108 g/mol. The molecule has 0 fully saturated rings. The van der Waals surface area contributed by atoms with Gasteiger partial charge in [0, 0.05) is 9.11 Å². The van der Waals surface area contributed by atoms with Gasteiger partial charge in [-0.3, -0.25) is 0 Å². The second-order valence-electron chi connectivity index (χ2n) is 1.64. The summed E-state index contributed by atoms with van der Waals surface area (Å²) >= 11 is 0. The van der Waals surface area contributed by atoms with Crippen LogP contribution in [0.15, 0.2) is 30.3 Å². The van der Waals surface area contributed by atoms with Gasteiger partial charge in [0.25, 0.3) is 0 Å². The van der Waals surface area contributed by atoms with Crippen molar-refractivity contribution in [1.82, 2.24) is 0 Å². The van der Waals surface area contributed by atoms with E-state index in [2.05, 4.69) is 5.92 Å². The lowest BCUT2D eigenvalue weighted by molar-refractivity contribution is 1.32. The van der Waals surface area contributed by atoms with E-state index in [0.29, 0.717) is 5.56 Å². The first-order chi connectivity index (χ1) is 5.17. The van der Waals surface area contributed by atoms with Gasteiger partial charge in [-0.25, -0.2) is 0 Å². The van der Waals surface area contributed by atoms with E-state index in [4.69, 9.17) is 9.16 Å². The molecule has 0 heteroatoms. The van der Waals surface area contributed by atoms with E-state index in [0.717, 1.165) is 0 Å². The minimum absolute atomic E-state index is 0.530. The van der Waals surface area contributed by atoms with E-state index in [-0.39, 0.29) is 0 Å². The first kappa shape index (κ1) is 3.74. The molecule has 0 saturated heterocycles. The number of rotatable bonds is 1. The van der Waals surface area contributed by atoms with E-state index in [1.807, 2.05) is 6.07 Å². The Morgan fingerprint density at radius 3 is 2.67 bits per heavy atom. The smallest absolute Gasteiger partial charge is 0.0453 e. The van der Waals surface area contributed by atoms with Crippen molar-refractivity contribution < 1.29 is 2.74 Å². The Bertz CT molecular complexity index is 269. The second kappa shape index (κ2) is 2.94. The van der Waals surface area contributed by atoms with Crippen LogP contribution in [0.25, 0.3) is 0 Å². The third-order valence-electron chi connectivity index (χ3n) is 0.990. The summed E-state index contributed by atoms with van der Waals surface area (Å²) in [6, 6.07) is 8.73. The number of hydrogen-bond donors (Lipinski definition) is 0. The highest BCUT2D eigenvalue weighted by Gasteiger charge is 1.82. The highest BCUT2D eigenvalue weighted by Crippen LogP contribution is 1.96. The molecule has 1 rings (SSSR count). The van der Waals surface area contributed by atoms with E-state index < -0.39 is 6.37 Å². The van der Waals surface area contributed by atoms with Crippen molar-refractivity contribution in [3.8, 4) is 12.3 Å². The van der Waals surface area contributed by atoms with Crippen LogP contribution < -0.4 is 0 Å². The molecule has 0 nitrogen and oxygen atoms in total. The van der Waals surface area contributed by atoms with E-state index in [9.17, 15) is 0 Å². The number of terminal acetylenes is 1. The molecule has 0 aliphatic carbocycles. The number of benzene rings is 1. The molecular formula is C9H8. The van der Waals surface area contributed by atoms with Gasteiger partial charge in [-0.2, -0.15) is 0 Å². The Kier molecular flexibility index (Phi) is 1.22. The van der Waals surface area contributed by atoms with Gasteiger partial charge >= 0.3 is 0 Å². The summed E-state index contributed by atoms with van der Waals surface area (Å²) in [7, 11) is 0. The fourth-order valence-corrected chi connectivity index (χ4v) is 0.605.